The minimum absolute atomic E-state index is 0.263. The molecule has 1 saturated heterocycles. The average molecular weight is 200 g/mol. The lowest BCUT2D eigenvalue weighted by Gasteiger charge is -2.33. The Kier molecular flexibility index (Phi) is 3.66. The second-order valence-corrected chi connectivity index (χ2v) is 3.66. The van der Waals surface area contributed by atoms with E-state index in [0.717, 1.165) is 6.42 Å². The summed E-state index contributed by atoms with van der Waals surface area (Å²) in [6, 6.07) is 0. The molecule has 0 radical (unpaired) electrons. The second kappa shape index (κ2) is 4.57. The number of carboxylic acids is 1. The molecule has 1 rings (SSSR count). The summed E-state index contributed by atoms with van der Waals surface area (Å²) in [5, 5.41) is 8.77. The quantitative estimate of drug-likeness (QED) is 0.700. The third kappa shape index (κ3) is 2.56. The van der Waals surface area contributed by atoms with Gasteiger partial charge in [0.05, 0.1) is 13.2 Å². The molecule has 1 aliphatic rings. The van der Waals surface area contributed by atoms with Gasteiger partial charge in [-0.25, -0.2) is 4.79 Å². The van der Waals surface area contributed by atoms with Crippen LogP contribution in [0.2, 0.25) is 0 Å². The first kappa shape index (κ1) is 11.2. The van der Waals surface area contributed by atoms with E-state index in [2.05, 4.69) is 0 Å². The van der Waals surface area contributed by atoms with Gasteiger partial charge in [-0.15, -0.1) is 0 Å². The Morgan fingerprint density at radius 1 is 1.50 bits per heavy atom. The molecule has 0 spiro atoms. The van der Waals surface area contributed by atoms with Crippen LogP contribution in [0.3, 0.4) is 0 Å². The zero-order chi connectivity index (χ0) is 10.6. The molecule has 0 aromatic rings. The predicted octanol–water partition coefficient (Wildman–Crippen LogP) is 1.42. The molecule has 14 heavy (non-hydrogen) atoms. The highest BCUT2D eigenvalue weighted by Crippen LogP contribution is 2.29. The molecule has 0 unspecified atom stereocenters. The minimum Gasteiger partial charge on any atom is -0.478 e. The molecule has 1 N–H and O–H groups in total. The number of ether oxygens (including phenoxy) is 2. The van der Waals surface area contributed by atoms with Crippen molar-refractivity contribution in [1.29, 1.82) is 0 Å². The Morgan fingerprint density at radius 2 is 2.07 bits per heavy atom. The minimum atomic E-state index is -0.886. The van der Waals surface area contributed by atoms with Crippen LogP contribution in [0.4, 0.5) is 0 Å². The van der Waals surface area contributed by atoms with Crippen LogP contribution in [-0.2, 0) is 14.3 Å². The lowest BCUT2D eigenvalue weighted by Crippen LogP contribution is -2.35. The van der Waals surface area contributed by atoms with Gasteiger partial charge in [-0.1, -0.05) is 13.0 Å². The fraction of sp³-hybridized carbons (Fsp3) is 0.700. The molecule has 1 fully saturated rings. The van der Waals surface area contributed by atoms with Crippen molar-refractivity contribution >= 4 is 5.97 Å². The summed E-state index contributed by atoms with van der Waals surface area (Å²) < 4.78 is 10.4. The highest BCUT2D eigenvalue weighted by molar-refractivity contribution is 5.85. The maximum Gasteiger partial charge on any atom is 0.330 e. The summed E-state index contributed by atoms with van der Waals surface area (Å²) in [5.74, 6) is -0.886. The van der Waals surface area contributed by atoms with Crippen LogP contribution >= 0.6 is 0 Å². The SMILES string of the molecule is CCC1(C=C(C)C(=O)O)COCOC1. The molecule has 0 aromatic heterocycles. The van der Waals surface area contributed by atoms with E-state index in [1.54, 1.807) is 13.0 Å². The lowest BCUT2D eigenvalue weighted by atomic mass is 9.84. The van der Waals surface area contributed by atoms with E-state index in [0.29, 0.717) is 25.6 Å². The summed E-state index contributed by atoms with van der Waals surface area (Å²) in [7, 11) is 0. The van der Waals surface area contributed by atoms with Crippen LogP contribution in [-0.4, -0.2) is 31.1 Å². The number of hydrogen-bond acceptors (Lipinski definition) is 3. The molecule has 0 amide bonds. The molecule has 0 bridgehead atoms. The van der Waals surface area contributed by atoms with E-state index in [1.165, 1.54) is 0 Å². The van der Waals surface area contributed by atoms with Crippen LogP contribution < -0.4 is 0 Å². The Balaban J connectivity index is 2.78. The third-order valence-corrected chi connectivity index (χ3v) is 2.51. The topological polar surface area (TPSA) is 55.8 Å². The van der Waals surface area contributed by atoms with E-state index < -0.39 is 5.97 Å². The van der Waals surface area contributed by atoms with E-state index >= 15 is 0 Å². The molecule has 1 aliphatic heterocycles. The number of aliphatic carboxylic acids is 1. The zero-order valence-electron chi connectivity index (χ0n) is 8.58. The van der Waals surface area contributed by atoms with Crippen molar-refractivity contribution in [2.24, 2.45) is 5.41 Å². The van der Waals surface area contributed by atoms with E-state index in [1.807, 2.05) is 6.92 Å². The fourth-order valence-corrected chi connectivity index (χ4v) is 1.50. The van der Waals surface area contributed by atoms with Crippen LogP contribution in [0.1, 0.15) is 20.3 Å². The van der Waals surface area contributed by atoms with Gasteiger partial charge in [-0.3, -0.25) is 0 Å². The molecule has 0 aromatic carbocycles. The number of carbonyl (C=O) groups is 1. The summed E-state index contributed by atoms with van der Waals surface area (Å²) in [6.07, 6.45) is 2.56. The largest absolute Gasteiger partial charge is 0.478 e. The Labute approximate surface area is 83.5 Å². The molecule has 0 aliphatic carbocycles. The highest BCUT2D eigenvalue weighted by Gasteiger charge is 2.30. The van der Waals surface area contributed by atoms with Crippen molar-refractivity contribution in [2.45, 2.75) is 20.3 Å². The fourth-order valence-electron chi connectivity index (χ4n) is 1.50. The van der Waals surface area contributed by atoms with E-state index in [-0.39, 0.29) is 5.41 Å². The van der Waals surface area contributed by atoms with Crippen LogP contribution in [0.15, 0.2) is 11.6 Å². The summed E-state index contributed by atoms with van der Waals surface area (Å²) >= 11 is 0. The molecular weight excluding hydrogens is 184 g/mol. The smallest absolute Gasteiger partial charge is 0.330 e. The Morgan fingerprint density at radius 3 is 2.50 bits per heavy atom. The van der Waals surface area contributed by atoms with Crippen molar-refractivity contribution in [1.82, 2.24) is 0 Å². The maximum atomic E-state index is 10.7. The average Bonchev–Trinajstić information content (AvgIpc) is 2.19. The van der Waals surface area contributed by atoms with Crippen molar-refractivity contribution in [3.8, 4) is 0 Å². The Bertz CT molecular complexity index is 239. The van der Waals surface area contributed by atoms with Crippen molar-refractivity contribution in [3.05, 3.63) is 11.6 Å². The summed E-state index contributed by atoms with van der Waals surface area (Å²) in [6.45, 7) is 4.97. The van der Waals surface area contributed by atoms with Gasteiger partial charge in [-0.05, 0) is 13.3 Å². The molecule has 4 heteroatoms. The number of rotatable bonds is 3. The first-order valence-electron chi connectivity index (χ1n) is 4.68. The monoisotopic (exact) mass is 200 g/mol. The first-order chi connectivity index (χ1) is 6.59. The lowest BCUT2D eigenvalue weighted by molar-refractivity contribution is -0.150. The standard InChI is InChI=1S/C10H16O4/c1-3-10(4-8(2)9(11)12)5-13-7-14-6-10/h4H,3,5-7H2,1-2H3,(H,11,12). The predicted molar refractivity (Wildman–Crippen MR) is 50.9 cm³/mol. The van der Waals surface area contributed by atoms with Crippen molar-refractivity contribution < 1.29 is 19.4 Å². The van der Waals surface area contributed by atoms with Gasteiger partial charge in [0.2, 0.25) is 0 Å². The maximum absolute atomic E-state index is 10.7. The van der Waals surface area contributed by atoms with Crippen LogP contribution in [0.5, 0.6) is 0 Å². The van der Waals surface area contributed by atoms with E-state index in [4.69, 9.17) is 14.6 Å². The molecule has 1 heterocycles. The molecule has 0 saturated carbocycles. The van der Waals surface area contributed by atoms with Crippen molar-refractivity contribution in [3.63, 3.8) is 0 Å². The normalized spacial score (nSPS) is 22.0. The van der Waals surface area contributed by atoms with Crippen molar-refractivity contribution in [2.75, 3.05) is 20.0 Å². The van der Waals surface area contributed by atoms with Gasteiger partial charge in [0, 0.05) is 11.0 Å². The number of carboxylic acid groups (broad SMARTS) is 1. The summed E-state index contributed by atoms with van der Waals surface area (Å²) in [4.78, 5) is 10.7. The highest BCUT2D eigenvalue weighted by atomic mass is 16.7. The molecule has 0 atom stereocenters. The molecular formula is C10H16O4. The van der Waals surface area contributed by atoms with Gasteiger partial charge in [-0.2, -0.15) is 0 Å². The summed E-state index contributed by atoms with van der Waals surface area (Å²) in [5.41, 5.74) is 0.0849. The molecule has 80 valence electrons. The second-order valence-electron chi connectivity index (χ2n) is 3.66. The molecule has 4 nitrogen and oxygen atoms in total. The zero-order valence-corrected chi connectivity index (χ0v) is 8.58. The first-order valence-corrected chi connectivity index (χ1v) is 4.68. The Hall–Kier alpha value is -0.870. The van der Waals surface area contributed by atoms with Gasteiger partial charge in [0.1, 0.15) is 6.79 Å². The van der Waals surface area contributed by atoms with Gasteiger partial charge >= 0.3 is 5.97 Å². The van der Waals surface area contributed by atoms with Crippen LogP contribution in [0, 0.1) is 5.41 Å². The third-order valence-electron chi connectivity index (χ3n) is 2.51. The van der Waals surface area contributed by atoms with Gasteiger partial charge < -0.3 is 14.6 Å². The van der Waals surface area contributed by atoms with Crippen LogP contribution in [0.25, 0.3) is 0 Å². The van der Waals surface area contributed by atoms with E-state index in [9.17, 15) is 4.79 Å². The van der Waals surface area contributed by atoms with Gasteiger partial charge in [0.15, 0.2) is 0 Å². The number of hydrogen-bond donors (Lipinski definition) is 1. The van der Waals surface area contributed by atoms with Gasteiger partial charge in [0.25, 0.3) is 0 Å².